The highest BCUT2D eigenvalue weighted by molar-refractivity contribution is 6.03. The number of rotatable bonds is 42. The van der Waals surface area contributed by atoms with E-state index in [1.54, 1.807) is 14.2 Å². The quantitative estimate of drug-likeness (QED) is 0.0417. The van der Waals surface area contributed by atoms with Crippen LogP contribution in [0.15, 0.2) is 72.5 Å². The van der Waals surface area contributed by atoms with Gasteiger partial charge in [-0.2, -0.15) is 4.58 Å². The zero-order chi connectivity index (χ0) is 50.8. The summed E-state index contributed by atoms with van der Waals surface area (Å²) in [5, 5.41) is 0. The van der Waals surface area contributed by atoms with E-state index in [-0.39, 0.29) is 23.2 Å². The minimum Gasteiger partial charge on any atom is -1.00 e. The Balaban J connectivity index is 0.0000137. The van der Waals surface area contributed by atoms with Crippen LogP contribution in [-0.4, -0.2) is 197 Å². The second-order valence-corrected chi connectivity index (χ2v) is 17.5. The van der Waals surface area contributed by atoms with Crippen molar-refractivity contribution in [1.82, 2.24) is 0 Å². The first-order chi connectivity index (χ1) is 34.7. The summed E-state index contributed by atoms with van der Waals surface area (Å²) >= 11 is 0. The second kappa shape index (κ2) is 36.9. The summed E-state index contributed by atoms with van der Waals surface area (Å²) in [5.41, 5.74) is 6.49. The first kappa shape index (κ1) is 62.4. The van der Waals surface area contributed by atoms with Gasteiger partial charge >= 0.3 is 0 Å². The molecule has 0 spiro atoms. The molecule has 0 fully saturated rings. The Labute approximate surface area is 436 Å². The van der Waals surface area contributed by atoms with Crippen molar-refractivity contribution in [2.24, 2.45) is 0 Å². The highest BCUT2D eigenvalue weighted by Crippen LogP contribution is 2.49. The van der Waals surface area contributed by atoms with Crippen LogP contribution in [0.3, 0.4) is 0 Å². The van der Waals surface area contributed by atoms with E-state index in [0.29, 0.717) is 165 Å². The Morgan fingerprint density at radius 1 is 0.514 bits per heavy atom. The highest BCUT2D eigenvalue weighted by Gasteiger charge is 2.43. The number of terminal acetylenes is 1. The Morgan fingerprint density at radius 2 is 0.944 bits per heavy atom. The van der Waals surface area contributed by atoms with Gasteiger partial charge in [0.2, 0.25) is 5.69 Å². The molecule has 0 atom stereocenters. The van der Waals surface area contributed by atoms with Crippen LogP contribution in [0.2, 0.25) is 0 Å². The molecule has 0 saturated carbocycles. The maximum Gasteiger partial charge on any atom is 0.209 e. The molecule has 2 heterocycles. The molecular weight excluding hydrogens is 948 g/mol. The Kier molecular flexibility index (Phi) is 32.0. The lowest BCUT2D eigenvalue weighted by molar-refractivity contribution is -0.401. The SMILES string of the molecule is C#CCOCCOCCOCCOCCOc1ccc2c(c1)C(C)(C)C(C=CC=CC=C1N(CCOCCOCCOCCOC)c3ccc(OCCOCCOCCOCCOC)cc3C1(C)C)=[N+]2C.[Cl-]. The number of nitrogens with zero attached hydrogens (tertiary/aromatic N) is 2. The number of methoxy groups -OCH3 is 2. The average molecular weight is 1030 g/mol. The number of ether oxygens (including phenoxy) is 14. The van der Waals surface area contributed by atoms with Crippen LogP contribution in [0.25, 0.3) is 0 Å². The highest BCUT2D eigenvalue weighted by atomic mass is 35.5. The van der Waals surface area contributed by atoms with Gasteiger partial charge in [0.15, 0.2) is 5.71 Å². The fourth-order valence-electron chi connectivity index (χ4n) is 8.00. The predicted molar refractivity (Wildman–Crippen MR) is 275 cm³/mol. The van der Waals surface area contributed by atoms with Gasteiger partial charge < -0.3 is 83.6 Å². The van der Waals surface area contributed by atoms with Crippen LogP contribution in [-0.2, 0) is 67.7 Å². The number of hydrogen-bond donors (Lipinski definition) is 0. The molecule has 16 nitrogen and oxygen atoms in total. The summed E-state index contributed by atoms with van der Waals surface area (Å²) in [5.74, 6) is 4.04. The molecule has 2 aromatic carbocycles. The first-order valence-electron chi connectivity index (χ1n) is 24.8. The number of fused-ring (bicyclic) bond motifs is 2. The van der Waals surface area contributed by atoms with Gasteiger partial charge in [0.05, 0.1) is 144 Å². The molecule has 17 heteroatoms. The van der Waals surface area contributed by atoms with E-state index in [4.69, 9.17) is 72.7 Å². The third-order valence-electron chi connectivity index (χ3n) is 11.7. The van der Waals surface area contributed by atoms with E-state index in [1.807, 2.05) is 12.1 Å². The van der Waals surface area contributed by atoms with E-state index in [1.165, 1.54) is 22.5 Å². The second-order valence-electron chi connectivity index (χ2n) is 17.5. The fourth-order valence-corrected chi connectivity index (χ4v) is 8.00. The van der Waals surface area contributed by atoms with Crippen molar-refractivity contribution in [2.75, 3.05) is 191 Å². The van der Waals surface area contributed by atoms with Gasteiger partial charge in [0.25, 0.3) is 0 Å². The third-order valence-corrected chi connectivity index (χ3v) is 11.7. The molecule has 72 heavy (non-hydrogen) atoms. The molecule has 0 unspecified atom stereocenters. The molecule has 2 aromatic rings. The van der Waals surface area contributed by atoms with Gasteiger partial charge in [-0.25, -0.2) is 0 Å². The van der Waals surface area contributed by atoms with Gasteiger partial charge in [-0.1, -0.05) is 38.0 Å². The molecule has 0 N–H and O–H groups in total. The number of hydrogen-bond acceptors (Lipinski definition) is 15. The van der Waals surface area contributed by atoms with Crippen LogP contribution in [0.5, 0.6) is 11.5 Å². The maximum atomic E-state index is 6.18. The van der Waals surface area contributed by atoms with Crippen LogP contribution in [0.4, 0.5) is 11.4 Å². The van der Waals surface area contributed by atoms with Crippen molar-refractivity contribution in [3.8, 4) is 23.8 Å². The van der Waals surface area contributed by atoms with Gasteiger partial charge in [-0.05, 0) is 55.8 Å². The van der Waals surface area contributed by atoms with Crippen molar-refractivity contribution in [2.45, 2.75) is 38.5 Å². The molecule has 0 aromatic heterocycles. The van der Waals surface area contributed by atoms with Crippen LogP contribution >= 0.6 is 0 Å². The van der Waals surface area contributed by atoms with Gasteiger partial charge in [0, 0.05) is 55.3 Å². The van der Waals surface area contributed by atoms with Crippen molar-refractivity contribution in [3.63, 3.8) is 0 Å². The van der Waals surface area contributed by atoms with Crippen molar-refractivity contribution < 1.29 is 83.3 Å². The largest absolute Gasteiger partial charge is 1.00 e. The van der Waals surface area contributed by atoms with Crippen molar-refractivity contribution >= 4 is 17.1 Å². The van der Waals surface area contributed by atoms with E-state index >= 15 is 0 Å². The molecule has 0 aliphatic carbocycles. The summed E-state index contributed by atoms with van der Waals surface area (Å²) in [7, 11) is 5.43. The Morgan fingerprint density at radius 3 is 1.43 bits per heavy atom. The number of anilines is 1. The average Bonchev–Trinajstić information content (AvgIpc) is 3.69. The molecule has 4 rings (SSSR count). The lowest BCUT2D eigenvalue weighted by Crippen LogP contribution is -3.00. The van der Waals surface area contributed by atoms with Crippen LogP contribution < -0.4 is 26.8 Å². The monoisotopic (exact) mass is 1030 g/mol. The Bertz CT molecular complexity index is 1970. The minimum absolute atomic E-state index is 0. The number of halogens is 1. The molecule has 404 valence electrons. The van der Waals surface area contributed by atoms with Crippen LogP contribution in [0, 0.1) is 12.3 Å². The molecule has 0 radical (unpaired) electrons. The standard InChI is InChI=1S/C55H83N2O14.ClH/c1-9-20-60-26-28-64-34-35-67-37-39-68-40-42-70-46-15-17-50-48(44-46)54(2,3)52(56(50)6)13-11-10-12-14-53-55(4,5)49-45-47(71-43-41-69-38-36-66-33-31-63-25-23-59-8)16-18-51(49)57(53)19-21-61-27-29-65-32-30-62-24-22-58-7;/h1,10-18,44-45H,19-43H2,2-8H3;1H/q+1;/p-1. The molecule has 0 saturated heterocycles. The van der Waals surface area contributed by atoms with E-state index in [0.717, 1.165) is 22.9 Å². The topological polar surface area (TPSA) is 135 Å². The van der Waals surface area contributed by atoms with E-state index < -0.39 is 0 Å². The first-order valence-corrected chi connectivity index (χ1v) is 24.8. The van der Waals surface area contributed by atoms with Gasteiger partial charge in [-0.15, -0.1) is 6.42 Å². The molecule has 0 amide bonds. The van der Waals surface area contributed by atoms with Crippen LogP contribution in [0.1, 0.15) is 38.8 Å². The number of allylic oxidation sites excluding steroid dienone is 6. The Hall–Kier alpha value is -3.90. The van der Waals surface area contributed by atoms with Gasteiger partial charge in [0.1, 0.15) is 38.4 Å². The van der Waals surface area contributed by atoms with Crippen molar-refractivity contribution in [3.05, 3.63) is 83.6 Å². The summed E-state index contributed by atoms with van der Waals surface area (Å²) in [6.45, 7) is 21.6. The zero-order valence-corrected chi connectivity index (χ0v) is 44.8. The lowest BCUT2D eigenvalue weighted by Gasteiger charge is -2.27. The third kappa shape index (κ3) is 21.9. The minimum atomic E-state index is -0.310. The summed E-state index contributed by atoms with van der Waals surface area (Å²) < 4.78 is 80.5. The van der Waals surface area contributed by atoms with Gasteiger partial charge in [-0.3, -0.25) is 0 Å². The molecule has 2 aliphatic heterocycles. The number of benzene rings is 2. The summed E-state index contributed by atoms with van der Waals surface area (Å²) in [4.78, 5) is 2.35. The summed E-state index contributed by atoms with van der Waals surface area (Å²) in [6, 6.07) is 12.6. The van der Waals surface area contributed by atoms with E-state index in [9.17, 15) is 0 Å². The molecular formula is C55H83ClN2O14. The van der Waals surface area contributed by atoms with Crippen molar-refractivity contribution in [1.29, 1.82) is 0 Å². The normalized spacial score (nSPS) is 15.2. The maximum absolute atomic E-state index is 6.18. The predicted octanol–water partition coefficient (Wildman–Crippen LogP) is 3.34. The summed E-state index contributed by atoms with van der Waals surface area (Å²) in [6.07, 6.45) is 15.9. The smallest absolute Gasteiger partial charge is 0.209 e. The molecule has 2 aliphatic rings. The zero-order valence-electron chi connectivity index (χ0n) is 44.1. The van der Waals surface area contributed by atoms with E-state index in [2.05, 4.69) is 105 Å². The lowest BCUT2D eigenvalue weighted by atomic mass is 9.81. The molecule has 0 bridgehead atoms. The fraction of sp³-hybridized carbons (Fsp3) is 0.618.